The number of halogens is 1. The van der Waals surface area contributed by atoms with Crippen molar-refractivity contribution in [2.45, 2.75) is 38.6 Å². The molecule has 0 saturated carbocycles. The van der Waals surface area contributed by atoms with E-state index in [0.717, 1.165) is 32.5 Å². The van der Waals surface area contributed by atoms with Crippen LogP contribution in [0.1, 0.15) is 50.4 Å². The van der Waals surface area contributed by atoms with Gasteiger partial charge >= 0.3 is 0 Å². The van der Waals surface area contributed by atoms with E-state index < -0.39 is 0 Å². The van der Waals surface area contributed by atoms with Crippen LogP contribution in [0.25, 0.3) is 0 Å². The third kappa shape index (κ3) is 2.67. The van der Waals surface area contributed by atoms with E-state index in [1.807, 2.05) is 18.7 Å². The molecule has 3 heterocycles. The molecule has 0 spiro atoms. The number of likely N-dealkylation sites (tertiary alicyclic amines) is 1. The van der Waals surface area contributed by atoms with Gasteiger partial charge in [0.25, 0.3) is 0 Å². The highest BCUT2D eigenvalue weighted by Gasteiger charge is 2.38. The highest BCUT2D eigenvalue weighted by Crippen LogP contribution is 2.32. The van der Waals surface area contributed by atoms with Gasteiger partial charge in [0.2, 0.25) is 11.8 Å². The Labute approximate surface area is 124 Å². The Bertz CT molecular complexity index is 473. The Morgan fingerprint density at radius 3 is 2.75 bits per heavy atom. The van der Waals surface area contributed by atoms with E-state index in [0.29, 0.717) is 11.7 Å². The van der Waals surface area contributed by atoms with Gasteiger partial charge in [0, 0.05) is 25.6 Å². The molecule has 1 atom stereocenters. The van der Waals surface area contributed by atoms with Crippen molar-refractivity contribution in [1.82, 2.24) is 20.4 Å². The number of carbonyl (C=O) groups excluding carboxylic acids is 1. The van der Waals surface area contributed by atoms with E-state index in [1.165, 1.54) is 0 Å². The second-order valence-electron chi connectivity index (χ2n) is 5.69. The molecule has 6 nitrogen and oxygen atoms in total. The van der Waals surface area contributed by atoms with Gasteiger partial charge in [-0.25, -0.2) is 0 Å². The first-order valence-electron chi connectivity index (χ1n) is 7.01. The van der Waals surface area contributed by atoms with Crippen LogP contribution in [0.3, 0.4) is 0 Å². The van der Waals surface area contributed by atoms with Crippen molar-refractivity contribution in [3.8, 4) is 0 Å². The molecule has 1 aromatic rings. The Balaban J connectivity index is 0.00000147. The maximum Gasteiger partial charge on any atom is 0.229 e. The van der Waals surface area contributed by atoms with Crippen LogP contribution in [-0.4, -0.2) is 40.6 Å². The molecule has 1 unspecified atom stereocenters. The highest BCUT2D eigenvalue weighted by molar-refractivity contribution is 5.85. The molecular weight excluding hydrogens is 280 g/mol. The van der Waals surface area contributed by atoms with Gasteiger partial charge in [0.05, 0.1) is 12.0 Å². The quantitative estimate of drug-likeness (QED) is 0.916. The molecule has 1 aromatic heterocycles. The zero-order chi connectivity index (χ0) is 13.4. The third-order valence-corrected chi connectivity index (χ3v) is 3.92. The molecular formula is C13H21ClN4O2. The summed E-state index contributed by atoms with van der Waals surface area (Å²) in [7, 11) is 0. The number of rotatable bonds is 3. The van der Waals surface area contributed by atoms with Gasteiger partial charge in [-0.05, 0) is 12.8 Å². The molecule has 2 aliphatic heterocycles. The molecule has 0 aliphatic carbocycles. The average Bonchev–Trinajstić information content (AvgIpc) is 2.95. The largest absolute Gasteiger partial charge is 0.339 e. The second-order valence-corrected chi connectivity index (χ2v) is 5.69. The summed E-state index contributed by atoms with van der Waals surface area (Å²) in [6.07, 6.45) is 1.95. The summed E-state index contributed by atoms with van der Waals surface area (Å²) >= 11 is 0. The maximum absolute atomic E-state index is 12.4. The van der Waals surface area contributed by atoms with E-state index in [4.69, 9.17) is 4.52 Å². The summed E-state index contributed by atoms with van der Waals surface area (Å²) in [6.45, 7) is 6.45. The minimum absolute atomic E-state index is 0. The molecule has 0 radical (unpaired) electrons. The summed E-state index contributed by atoms with van der Waals surface area (Å²) in [5, 5.41) is 7.20. The van der Waals surface area contributed by atoms with Crippen molar-refractivity contribution in [1.29, 1.82) is 0 Å². The summed E-state index contributed by atoms with van der Waals surface area (Å²) < 4.78 is 5.26. The molecule has 2 saturated heterocycles. The average molecular weight is 301 g/mol. The van der Waals surface area contributed by atoms with Gasteiger partial charge in [-0.3, -0.25) is 4.79 Å². The van der Waals surface area contributed by atoms with Crippen molar-refractivity contribution in [2.24, 2.45) is 5.92 Å². The van der Waals surface area contributed by atoms with Crippen LogP contribution in [0.4, 0.5) is 0 Å². The summed E-state index contributed by atoms with van der Waals surface area (Å²) in [6, 6.07) is 0.00403. The van der Waals surface area contributed by atoms with Crippen molar-refractivity contribution in [3.05, 3.63) is 11.7 Å². The monoisotopic (exact) mass is 300 g/mol. The van der Waals surface area contributed by atoms with Crippen LogP contribution < -0.4 is 5.32 Å². The van der Waals surface area contributed by atoms with Gasteiger partial charge in [-0.2, -0.15) is 4.98 Å². The fourth-order valence-corrected chi connectivity index (χ4v) is 2.61. The molecule has 0 aromatic carbocycles. The van der Waals surface area contributed by atoms with Gasteiger partial charge in [0.1, 0.15) is 0 Å². The first-order chi connectivity index (χ1) is 9.16. The molecule has 112 valence electrons. The number of carbonyl (C=O) groups is 1. The van der Waals surface area contributed by atoms with Crippen molar-refractivity contribution in [3.63, 3.8) is 0 Å². The number of amides is 1. The topological polar surface area (TPSA) is 71.3 Å². The Morgan fingerprint density at radius 1 is 1.45 bits per heavy atom. The smallest absolute Gasteiger partial charge is 0.229 e. The van der Waals surface area contributed by atoms with Crippen LogP contribution in [0, 0.1) is 5.92 Å². The minimum Gasteiger partial charge on any atom is -0.339 e. The lowest BCUT2D eigenvalue weighted by molar-refractivity contribution is -0.138. The van der Waals surface area contributed by atoms with E-state index in [2.05, 4.69) is 15.5 Å². The number of nitrogens with one attached hydrogen (secondary N) is 1. The van der Waals surface area contributed by atoms with Crippen LogP contribution in [-0.2, 0) is 4.79 Å². The second kappa shape index (κ2) is 6.10. The molecule has 3 rings (SSSR count). The summed E-state index contributed by atoms with van der Waals surface area (Å²) in [5.41, 5.74) is 0. The highest BCUT2D eigenvalue weighted by atomic mass is 35.5. The Hall–Kier alpha value is -1.14. The molecule has 0 bridgehead atoms. The van der Waals surface area contributed by atoms with Gasteiger partial charge in [-0.15, -0.1) is 12.4 Å². The normalized spacial score (nSPS) is 22.8. The van der Waals surface area contributed by atoms with Crippen LogP contribution in [0.2, 0.25) is 0 Å². The molecule has 1 N–H and O–H groups in total. The third-order valence-electron chi connectivity index (χ3n) is 3.92. The van der Waals surface area contributed by atoms with Crippen molar-refractivity contribution in [2.75, 3.05) is 19.6 Å². The van der Waals surface area contributed by atoms with E-state index in [-0.39, 0.29) is 36.2 Å². The minimum atomic E-state index is 0. The molecule has 2 fully saturated rings. The van der Waals surface area contributed by atoms with Crippen LogP contribution in [0.15, 0.2) is 4.52 Å². The predicted octanol–water partition coefficient (Wildman–Crippen LogP) is 1.50. The van der Waals surface area contributed by atoms with Crippen molar-refractivity contribution < 1.29 is 9.32 Å². The van der Waals surface area contributed by atoms with Gasteiger partial charge in [-0.1, -0.05) is 19.0 Å². The fourth-order valence-electron chi connectivity index (χ4n) is 2.61. The molecule has 7 heteroatoms. The first kappa shape index (κ1) is 15.3. The zero-order valence-corrected chi connectivity index (χ0v) is 12.7. The number of nitrogens with zero attached hydrogens (tertiary/aromatic N) is 3. The van der Waals surface area contributed by atoms with Crippen molar-refractivity contribution >= 4 is 18.3 Å². The Kier molecular flexibility index (Phi) is 4.65. The SMILES string of the molecule is CC(C)c1nc(C2CCCN2C(=O)C2CNC2)no1.Cl. The Morgan fingerprint density at radius 2 is 2.20 bits per heavy atom. The molecule has 1 amide bonds. The maximum atomic E-state index is 12.4. The van der Waals surface area contributed by atoms with Gasteiger partial charge in [0.15, 0.2) is 5.82 Å². The number of hydrogen-bond acceptors (Lipinski definition) is 5. The van der Waals surface area contributed by atoms with E-state index >= 15 is 0 Å². The van der Waals surface area contributed by atoms with Crippen LogP contribution in [0.5, 0.6) is 0 Å². The standard InChI is InChI=1S/C13H20N4O2.ClH/c1-8(2)12-15-11(16-19-12)10-4-3-5-17(10)13(18)9-6-14-7-9;/h8-10,14H,3-7H2,1-2H3;1H. The fraction of sp³-hybridized carbons (Fsp3) is 0.769. The summed E-state index contributed by atoms with van der Waals surface area (Å²) in [5.74, 6) is 1.92. The van der Waals surface area contributed by atoms with Gasteiger partial charge < -0.3 is 14.7 Å². The van der Waals surface area contributed by atoms with E-state index in [1.54, 1.807) is 0 Å². The lowest BCUT2D eigenvalue weighted by atomic mass is 10.0. The lowest BCUT2D eigenvalue weighted by Gasteiger charge is -2.32. The number of hydrogen-bond donors (Lipinski definition) is 1. The molecule has 20 heavy (non-hydrogen) atoms. The predicted molar refractivity (Wildman–Crippen MR) is 75.7 cm³/mol. The van der Waals surface area contributed by atoms with E-state index in [9.17, 15) is 4.79 Å². The molecule has 2 aliphatic rings. The summed E-state index contributed by atoms with van der Waals surface area (Å²) in [4.78, 5) is 18.7. The number of aromatic nitrogens is 2. The zero-order valence-electron chi connectivity index (χ0n) is 11.8. The van der Waals surface area contributed by atoms with Crippen LogP contribution >= 0.6 is 12.4 Å². The first-order valence-corrected chi connectivity index (χ1v) is 7.01. The lowest BCUT2D eigenvalue weighted by Crippen LogP contribution is -2.51.